The van der Waals surface area contributed by atoms with Gasteiger partial charge in [0.1, 0.15) is 12.9 Å². The Kier molecular flexibility index (Phi) is 2.89. The van der Waals surface area contributed by atoms with Gasteiger partial charge in [0.25, 0.3) is 0 Å². The number of carboxylic acids is 1. The van der Waals surface area contributed by atoms with E-state index in [-0.39, 0.29) is 18.3 Å². The smallest absolute Gasteiger partial charge is 0.357 e. The molecule has 0 atom stereocenters. The number of hydrogen-bond donors (Lipinski definition) is 2. The van der Waals surface area contributed by atoms with Crippen molar-refractivity contribution >= 4 is 12.0 Å². The highest BCUT2D eigenvalue weighted by atomic mass is 16.7. The van der Waals surface area contributed by atoms with Crippen molar-refractivity contribution in [3.05, 3.63) is 12.0 Å². The molecule has 0 amide bonds. The molecule has 68 valence electrons. The van der Waals surface area contributed by atoms with E-state index in [0.717, 1.165) is 6.26 Å². The molecule has 1 heterocycles. The lowest BCUT2D eigenvalue weighted by Crippen LogP contribution is -2.02. The number of aromatic nitrogens is 1. The maximum atomic E-state index is 10.3. The lowest BCUT2D eigenvalue weighted by molar-refractivity contribution is 0.0690. The van der Waals surface area contributed by atoms with Crippen LogP contribution in [0.1, 0.15) is 10.5 Å². The van der Waals surface area contributed by atoms with Crippen LogP contribution in [0.4, 0.5) is 6.01 Å². The third kappa shape index (κ3) is 2.50. The molecule has 1 aromatic heterocycles. The van der Waals surface area contributed by atoms with Gasteiger partial charge in [0.05, 0.1) is 0 Å². The average Bonchev–Trinajstić information content (AvgIpc) is 2.53. The van der Waals surface area contributed by atoms with E-state index < -0.39 is 5.97 Å². The van der Waals surface area contributed by atoms with Crippen molar-refractivity contribution in [1.82, 2.24) is 4.98 Å². The molecule has 0 unspecified atom stereocenters. The molecule has 0 radical (unpaired) electrons. The summed E-state index contributed by atoms with van der Waals surface area (Å²) in [5, 5.41) is 8.45. The average molecular weight is 182 g/mol. The molecule has 1 rings (SSSR count). The molecular formula is C7H6N2O4. The maximum Gasteiger partial charge on any atom is 0.357 e. The standard InChI is InChI=1S/C7H6N2O4/c1-2-3-13-9-7-8-5(4-12-7)6(10)11/h1,4H,3H2,(H,8,9)(H,10,11). The van der Waals surface area contributed by atoms with Crippen molar-refractivity contribution in [3.8, 4) is 12.3 Å². The van der Waals surface area contributed by atoms with Crippen molar-refractivity contribution in [2.45, 2.75) is 0 Å². The summed E-state index contributed by atoms with van der Waals surface area (Å²) in [5.74, 6) is 1.02. The van der Waals surface area contributed by atoms with Crippen LogP contribution in [0.25, 0.3) is 0 Å². The molecule has 0 aromatic carbocycles. The van der Waals surface area contributed by atoms with Gasteiger partial charge in [0, 0.05) is 0 Å². The van der Waals surface area contributed by atoms with Crippen molar-refractivity contribution in [3.63, 3.8) is 0 Å². The molecule has 0 aliphatic rings. The quantitative estimate of drug-likeness (QED) is 0.397. The van der Waals surface area contributed by atoms with E-state index in [4.69, 9.17) is 11.5 Å². The van der Waals surface area contributed by atoms with Gasteiger partial charge >= 0.3 is 12.0 Å². The van der Waals surface area contributed by atoms with Crippen LogP contribution < -0.4 is 5.48 Å². The number of carbonyl (C=O) groups is 1. The Labute approximate surface area is 73.5 Å². The minimum Gasteiger partial charge on any atom is -0.476 e. The summed E-state index contributed by atoms with van der Waals surface area (Å²) in [7, 11) is 0. The molecule has 13 heavy (non-hydrogen) atoms. The summed E-state index contributed by atoms with van der Waals surface area (Å²) in [6, 6.07) is -0.0485. The Bertz CT molecular complexity index is 339. The van der Waals surface area contributed by atoms with Crippen LogP contribution in [-0.2, 0) is 4.84 Å². The van der Waals surface area contributed by atoms with Gasteiger partial charge in [-0.1, -0.05) is 5.92 Å². The minimum absolute atomic E-state index is 0.0325. The number of oxazole rings is 1. The minimum atomic E-state index is -1.17. The molecule has 1 aromatic rings. The lowest BCUT2D eigenvalue weighted by Gasteiger charge is -1.95. The van der Waals surface area contributed by atoms with Gasteiger partial charge in [-0.15, -0.1) is 6.42 Å². The fourth-order valence-electron chi connectivity index (χ4n) is 0.558. The molecule has 2 N–H and O–H groups in total. The predicted molar refractivity (Wildman–Crippen MR) is 41.9 cm³/mol. The highest BCUT2D eigenvalue weighted by Crippen LogP contribution is 2.06. The van der Waals surface area contributed by atoms with Gasteiger partial charge < -0.3 is 9.52 Å². The van der Waals surface area contributed by atoms with Crippen LogP contribution in [0.2, 0.25) is 0 Å². The fraction of sp³-hybridized carbons (Fsp3) is 0.143. The summed E-state index contributed by atoms with van der Waals surface area (Å²) >= 11 is 0. The summed E-state index contributed by atoms with van der Waals surface area (Å²) in [5.41, 5.74) is 2.04. The third-order valence-corrected chi connectivity index (χ3v) is 1.04. The Morgan fingerprint density at radius 2 is 2.69 bits per heavy atom. The van der Waals surface area contributed by atoms with E-state index in [0.29, 0.717) is 0 Å². The van der Waals surface area contributed by atoms with Crippen LogP contribution in [0.15, 0.2) is 10.7 Å². The Morgan fingerprint density at radius 3 is 3.23 bits per heavy atom. The fourth-order valence-corrected chi connectivity index (χ4v) is 0.558. The number of anilines is 1. The lowest BCUT2D eigenvalue weighted by atomic mass is 10.5. The van der Waals surface area contributed by atoms with Crippen LogP contribution in [-0.4, -0.2) is 22.7 Å². The topological polar surface area (TPSA) is 84.6 Å². The highest BCUT2D eigenvalue weighted by molar-refractivity contribution is 5.85. The summed E-state index contributed by atoms with van der Waals surface area (Å²) < 4.78 is 4.68. The zero-order valence-corrected chi connectivity index (χ0v) is 6.48. The van der Waals surface area contributed by atoms with E-state index >= 15 is 0 Å². The molecule has 6 nitrogen and oxygen atoms in total. The van der Waals surface area contributed by atoms with Crippen LogP contribution in [0.5, 0.6) is 0 Å². The number of carboxylic acid groups (broad SMARTS) is 1. The number of terminal acetylenes is 1. The Hall–Kier alpha value is -2.00. The summed E-state index contributed by atoms with van der Waals surface area (Å²) in [6.07, 6.45) is 5.88. The molecule has 6 heteroatoms. The first-order valence-electron chi connectivity index (χ1n) is 3.24. The van der Waals surface area contributed by atoms with Gasteiger partial charge in [-0.3, -0.25) is 4.84 Å². The number of hydrogen-bond acceptors (Lipinski definition) is 5. The number of aromatic carboxylic acids is 1. The molecule has 0 bridgehead atoms. The first kappa shape index (κ1) is 9.09. The summed E-state index contributed by atoms with van der Waals surface area (Å²) in [6.45, 7) is 0.0325. The van der Waals surface area contributed by atoms with Crippen LogP contribution >= 0.6 is 0 Å². The number of nitrogens with one attached hydrogen (secondary N) is 1. The molecular weight excluding hydrogens is 176 g/mol. The Balaban J connectivity index is 2.50. The van der Waals surface area contributed by atoms with Crippen molar-refractivity contribution in [2.75, 3.05) is 12.1 Å². The van der Waals surface area contributed by atoms with E-state index in [2.05, 4.69) is 25.6 Å². The van der Waals surface area contributed by atoms with Crippen LogP contribution in [0, 0.1) is 12.3 Å². The van der Waals surface area contributed by atoms with E-state index in [9.17, 15) is 4.79 Å². The first-order chi connectivity index (χ1) is 6.24. The van der Waals surface area contributed by atoms with Gasteiger partial charge in [0.15, 0.2) is 5.69 Å². The Morgan fingerprint density at radius 1 is 1.92 bits per heavy atom. The second-order valence-electron chi connectivity index (χ2n) is 1.94. The molecule has 0 aliphatic carbocycles. The van der Waals surface area contributed by atoms with Crippen molar-refractivity contribution in [1.29, 1.82) is 0 Å². The maximum absolute atomic E-state index is 10.3. The predicted octanol–water partition coefficient (Wildman–Crippen LogP) is 0.349. The molecule has 0 fully saturated rings. The molecule has 0 saturated carbocycles. The second-order valence-corrected chi connectivity index (χ2v) is 1.94. The molecule has 0 saturated heterocycles. The van der Waals surface area contributed by atoms with E-state index in [1.807, 2.05) is 0 Å². The first-order valence-corrected chi connectivity index (χ1v) is 3.24. The zero-order chi connectivity index (χ0) is 9.68. The highest BCUT2D eigenvalue weighted by Gasteiger charge is 2.09. The molecule has 0 aliphatic heterocycles. The van der Waals surface area contributed by atoms with E-state index in [1.165, 1.54) is 0 Å². The number of nitrogens with zero attached hydrogens (tertiary/aromatic N) is 1. The van der Waals surface area contributed by atoms with E-state index in [1.54, 1.807) is 0 Å². The van der Waals surface area contributed by atoms with Crippen LogP contribution in [0.3, 0.4) is 0 Å². The monoisotopic (exact) mass is 182 g/mol. The SMILES string of the molecule is C#CCONc1nc(C(=O)O)co1. The van der Waals surface area contributed by atoms with Gasteiger partial charge in [-0.25, -0.2) is 10.3 Å². The second kappa shape index (κ2) is 4.13. The van der Waals surface area contributed by atoms with Crippen molar-refractivity contribution < 1.29 is 19.2 Å². The largest absolute Gasteiger partial charge is 0.476 e. The van der Waals surface area contributed by atoms with Crippen molar-refractivity contribution in [2.24, 2.45) is 0 Å². The summed E-state index contributed by atoms with van der Waals surface area (Å²) in [4.78, 5) is 18.5. The number of rotatable bonds is 4. The van der Waals surface area contributed by atoms with Gasteiger partial charge in [-0.2, -0.15) is 4.98 Å². The third-order valence-electron chi connectivity index (χ3n) is 1.04. The zero-order valence-electron chi connectivity index (χ0n) is 6.48. The van der Waals surface area contributed by atoms with Gasteiger partial charge in [-0.05, 0) is 0 Å². The normalized spacial score (nSPS) is 9.15. The molecule has 0 spiro atoms. The van der Waals surface area contributed by atoms with Gasteiger partial charge in [0.2, 0.25) is 0 Å².